The van der Waals surface area contributed by atoms with Crippen molar-refractivity contribution in [3.8, 4) is 0 Å². The summed E-state index contributed by atoms with van der Waals surface area (Å²) in [5.74, 6) is -0.795. The van der Waals surface area contributed by atoms with E-state index in [-0.39, 0.29) is 12.0 Å². The first-order valence-corrected chi connectivity index (χ1v) is 6.48. The second kappa shape index (κ2) is 5.34. The molecule has 1 atom stereocenters. The lowest BCUT2D eigenvalue weighted by molar-refractivity contribution is -0.137. The predicted molar refractivity (Wildman–Crippen MR) is 69.2 cm³/mol. The Labute approximate surface area is 114 Å². The van der Waals surface area contributed by atoms with E-state index in [1.165, 1.54) is 0 Å². The van der Waals surface area contributed by atoms with Gasteiger partial charge in [-0.15, -0.1) is 0 Å². The Kier molecular flexibility index (Phi) is 3.99. The average molecular weight is 315 g/mol. The normalized spacial score (nSPS) is 21.8. The fourth-order valence-corrected chi connectivity index (χ4v) is 2.14. The van der Waals surface area contributed by atoms with Crippen LogP contribution in [0.1, 0.15) is 24.3 Å². The maximum Gasteiger partial charge on any atom is 0.271 e. The highest BCUT2D eigenvalue weighted by atomic mass is 79.9. The predicted octanol–water partition coefficient (Wildman–Crippen LogP) is 1.73. The van der Waals surface area contributed by atoms with Gasteiger partial charge in [-0.2, -0.15) is 0 Å². The van der Waals surface area contributed by atoms with Gasteiger partial charge in [0.25, 0.3) is 5.91 Å². The molecule has 6 heteroatoms. The van der Waals surface area contributed by atoms with Crippen LogP contribution in [0.2, 0.25) is 0 Å². The number of hydrogen-bond acceptors (Lipinski definition) is 4. The van der Waals surface area contributed by atoms with Gasteiger partial charge in [0.2, 0.25) is 0 Å². The van der Waals surface area contributed by atoms with Gasteiger partial charge in [0.15, 0.2) is 5.79 Å². The summed E-state index contributed by atoms with van der Waals surface area (Å²) in [6.45, 7) is 4.59. The van der Waals surface area contributed by atoms with Crippen molar-refractivity contribution in [3.63, 3.8) is 0 Å². The lowest BCUT2D eigenvalue weighted by Gasteiger charge is -2.17. The largest absolute Gasteiger partial charge is 0.348 e. The first-order chi connectivity index (χ1) is 8.48. The Balaban J connectivity index is 1.88. The number of carbonyl (C=O) groups is 1. The summed E-state index contributed by atoms with van der Waals surface area (Å²) in [4.78, 5) is 15.9. The van der Waals surface area contributed by atoms with Gasteiger partial charge in [-0.3, -0.25) is 4.79 Å². The molecule has 0 aliphatic carbocycles. The topological polar surface area (TPSA) is 60.5 Å². The molecule has 0 radical (unpaired) electrons. The Hall–Kier alpha value is -0.980. The third-order valence-corrected chi connectivity index (χ3v) is 3.17. The van der Waals surface area contributed by atoms with E-state index in [4.69, 9.17) is 9.47 Å². The minimum Gasteiger partial charge on any atom is -0.348 e. The van der Waals surface area contributed by atoms with Crippen LogP contribution in [0.4, 0.5) is 0 Å². The molecule has 1 aliphatic heterocycles. The summed E-state index contributed by atoms with van der Waals surface area (Å²) >= 11 is 3.29. The van der Waals surface area contributed by atoms with Crippen molar-refractivity contribution in [2.75, 3.05) is 13.2 Å². The highest BCUT2D eigenvalue weighted by molar-refractivity contribution is 9.10. The van der Waals surface area contributed by atoms with E-state index in [9.17, 15) is 4.79 Å². The van der Waals surface area contributed by atoms with Crippen molar-refractivity contribution in [2.24, 2.45) is 0 Å². The minimum atomic E-state index is -0.568. The van der Waals surface area contributed by atoms with Crippen LogP contribution in [0.5, 0.6) is 0 Å². The average Bonchev–Trinajstić information content (AvgIpc) is 2.66. The number of nitrogens with one attached hydrogen (secondary N) is 1. The number of carbonyl (C=O) groups excluding carboxylic acids is 1. The Morgan fingerprint density at radius 2 is 2.44 bits per heavy atom. The third-order valence-electron chi connectivity index (χ3n) is 2.53. The Morgan fingerprint density at radius 1 is 1.67 bits per heavy atom. The van der Waals surface area contributed by atoms with Crippen LogP contribution < -0.4 is 5.32 Å². The molecule has 2 rings (SSSR count). The van der Waals surface area contributed by atoms with Gasteiger partial charge in [0.1, 0.15) is 11.8 Å². The smallest absolute Gasteiger partial charge is 0.271 e. The SMILES string of the molecule is CC1(C)OCC(CNC(=O)c2ncccc2Br)O1. The number of aromatic nitrogens is 1. The molecule has 1 N–H and O–H groups in total. The summed E-state index contributed by atoms with van der Waals surface area (Å²) in [5, 5.41) is 2.78. The Morgan fingerprint density at radius 3 is 3.06 bits per heavy atom. The number of pyridine rings is 1. The van der Waals surface area contributed by atoms with Crippen LogP contribution in [-0.4, -0.2) is 35.9 Å². The van der Waals surface area contributed by atoms with E-state index in [1.54, 1.807) is 18.3 Å². The van der Waals surface area contributed by atoms with Crippen LogP contribution in [0.25, 0.3) is 0 Å². The van der Waals surface area contributed by atoms with Crippen LogP contribution in [0.3, 0.4) is 0 Å². The van der Waals surface area contributed by atoms with Crippen molar-refractivity contribution in [1.82, 2.24) is 10.3 Å². The molecule has 1 amide bonds. The van der Waals surface area contributed by atoms with Gasteiger partial charge in [0, 0.05) is 17.2 Å². The monoisotopic (exact) mass is 314 g/mol. The van der Waals surface area contributed by atoms with E-state index in [1.807, 2.05) is 13.8 Å². The zero-order valence-electron chi connectivity index (χ0n) is 10.3. The minimum absolute atomic E-state index is 0.119. The van der Waals surface area contributed by atoms with Gasteiger partial charge >= 0.3 is 0 Å². The van der Waals surface area contributed by atoms with E-state index >= 15 is 0 Å². The molecule has 2 heterocycles. The number of nitrogens with zero attached hydrogens (tertiary/aromatic N) is 1. The molecular weight excluding hydrogens is 300 g/mol. The number of amides is 1. The summed E-state index contributed by atoms with van der Waals surface area (Å²) in [7, 11) is 0. The number of ether oxygens (including phenoxy) is 2. The molecule has 1 aromatic rings. The highest BCUT2D eigenvalue weighted by Gasteiger charge is 2.32. The van der Waals surface area contributed by atoms with Gasteiger partial charge < -0.3 is 14.8 Å². The second-order valence-electron chi connectivity index (χ2n) is 4.49. The van der Waals surface area contributed by atoms with Crippen molar-refractivity contribution in [1.29, 1.82) is 0 Å². The van der Waals surface area contributed by atoms with E-state index in [0.29, 0.717) is 23.3 Å². The van der Waals surface area contributed by atoms with Gasteiger partial charge in [-0.05, 0) is 41.9 Å². The fraction of sp³-hybridized carbons (Fsp3) is 0.500. The molecule has 5 nitrogen and oxygen atoms in total. The first kappa shape index (κ1) is 13.5. The van der Waals surface area contributed by atoms with Crippen molar-refractivity contribution < 1.29 is 14.3 Å². The molecule has 1 aromatic heterocycles. The standard InChI is InChI=1S/C12H15BrN2O3/c1-12(2)17-7-8(18-12)6-15-11(16)10-9(13)4-3-5-14-10/h3-5,8H,6-7H2,1-2H3,(H,15,16). The molecule has 1 unspecified atom stereocenters. The second-order valence-corrected chi connectivity index (χ2v) is 5.35. The number of hydrogen-bond donors (Lipinski definition) is 1. The lowest BCUT2D eigenvalue weighted by atomic mass is 10.3. The van der Waals surface area contributed by atoms with Crippen LogP contribution in [0, 0.1) is 0 Å². The van der Waals surface area contributed by atoms with E-state index in [2.05, 4.69) is 26.2 Å². The van der Waals surface area contributed by atoms with Crippen LogP contribution >= 0.6 is 15.9 Å². The van der Waals surface area contributed by atoms with Gasteiger partial charge in [-0.25, -0.2) is 4.98 Å². The van der Waals surface area contributed by atoms with Gasteiger partial charge in [-0.1, -0.05) is 0 Å². The molecule has 1 aliphatic rings. The van der Waals surface area contributed by atoms with Crippen molar-refractivity contribution in [2.45, 2.75) is 25.7 Å². The van der Waals surface area contributed by atoms with Gasteiger partial charge in [0.05, 0.1) is 6.61 Å². The van der Waals surface area contributed by atoms with Crippen LogP contribution in [-0.2, 0) is 9.47 Å². The molecular formula is C12H15BrN2O3. The molecule has 0 spiro atoms. The zero-order chi connectivity index (χ0) is 13.2. The third kappa shape index (κ3) is 3.28. The number of halogens is 1. The summed E-state index contributed by atoms with van der Waals surface area (Å²) in [5.41, 5.74) is 0.371. The number of rotatable bonds is 3. The molecule has 0 bridgehead atoms. The molecule has 98 valence electrons. The lowest BCUT2D eigenvalue weighted by Crippen LogP contribution is -2.35. The maximum absolute atomic E-state index is 11.9. The summed E-state index contributed by atoms with van der Waals surface area (Å²) in [6.07, 6.45) is 1.46. The Bertz CT molecular complexity index is 451. The molecule has 1 fully saturated rings. The summed E-state index contributed by atoms with van der Waals surface area (Å²) < 4.78 is 11.7. The molecule has 18 heavy (non-hydrogen) atoms. The molecule has 0 aromatic carbocycles. The maximum atomic E-state index is 11.9. The summed E-state index contributed by atoms with van der Waals surface area (Å²) in [6, 6.07) is 3.54. The van der Waals surface area contributed by atoms with E-state index < -0.39 is 5.79 Å². The van der Waals surface area contributed by atoms with E-state index in [0.717, 1.165) is 0 Å². The molecule has 1 saturated heterocycles. The fourth-order valence-electron chi connectivity index (χ4n) is 1.71. The van der Waals surface area contributed by atoms with Crippen molar-refractivity contribution in [3.05, 3.63) is 28.5 Å². The van der Waals surface area contributed by atoms with Crippen LogP contribution in [0.15, 0.2) is 22.8 Å². The first-order valence-electron chi connectivity index (χ1n) is 5.68. The molecule has 0 saturated carbocycles. The quantitative estimate of drug-likeness (QED) is 0.923. The zero-order valence-corrected chi connectivity index (χ0v) is 11.9. The highest BCUT2D eigenvalue weighted by Crippen LogP contribution is 2.21. The van der Waals surface area contributed by atoms with Crippen molar-refractivity contribution >= 4 is 21.8 Å².